The summed E-state index contributed by atoms with van der Waals surface area (Å²) in [4.78, 5) is 25.5. The van der Waals surface area contributed by atoms with Crippen molar-refractivity contribution in [2.24, 2.45) is 0 Å². The Hall–Kier alpha value is -1.56. The van der Waals surface area contributed by atoms with Crippen LogP contribution in [0.25, 0.3) is 0 Å². The largest absolute Gasteiger partial charge is 0.481 e. The minimum Gasteiger partial charge on any atom is -0.481 e. The predicted octanol–water partition coefficient (Wildman–Crippen LogP) is 1.58. The third-order valence-electron chi connectivity index (χ3n) is 1.96. The van der Waals surface area contributed by atoms with Gasteiger partial charge in [-0.05, 0) is 12.1 Å². The van der Waals surface area contributed by atoms with Crippen LogP contribution in [0.1, 0.15) is 22.5 Å². The van der Waals surface area contributed by atoms with Gasteiger partial charge < -0.3 is 9.84 Å². The van der Waals surface area contributed by atoms with Gasteiger partial charge in [0.25, 0.3) is 0 Å². The van der Waals surface area contributed by atoms with Crippen LogP contribution in [0.3, 0.4) is 0 Å². The van der Waals surface area contributed by atoms with Crippen LogP contribution < -0.4 is 0 Å². The second-order valence-corrected chi connectivity index (χ2v) is 4.33. The lowest BCUT2D eigenvalue weighted by Gasteiger charge is -2.01. The highest BCUT2D eigenvalue weighted by Crippen LogP contribution is 2.11. The molecule has 1 N–H and O–H groups in total. The van der Waals surface area contributed by atoms with E-state index in [1.54, 1.807) is 12.1 Å². The van der Waals surface area contributed by atoms with E-state index in [0.717, 1.165) is 5.69 Å². The summed E-state index contributed by atoms with van der Waals surface area (Å²) < 4.78 is 4.55. The molecule has 0 saturated carbocycles. The molecule has 0 aliphatic carbocycles. The van der Waals surface area contributed by atoms with E-state index in [2.05, 4.69) is 9.72 Å². The van der Waals surface area contributed by atoms with Crippen LogP contribution in [0.5, 0.6) is 0 Å². The molecule has 6 heteroatoms. The number of esters is 1. The first-order chi connectivity index (χ1) is 8.13. The Bertz CT molecular complexity index is 391. The van der Waals surface area contributed by atoms with Crippen LogP contribution in [0.2, 0.25) is 0 Å². The quantitative estimate of drug-likeness (QED) is 0.614. The number of carboxylic acids is 1. The van der Waals surface area contributed by atoms with Crippen molar-refractivity contribution >= 4 is 23.7 Å². The van der Waals surface area contributed by atoms with Crippen molar-refractivity contribution in [2.45, 2.75) is 12.2 Å². The smallest absolute Gasteiger partial charge is 0.339 e. The van der Waals surface area contributed by atoms with Crippen LogP contribution in [0, 0.1) is 0 Å². The van der Waals surface area contributed by atoms with E-state index in [9.17, 15) is 9.59 Å². The van der Waals surface area contributed by atoms with Gasteiger partial charge in [0.05, 0.1) is 24.8 Å². The number of pyridine rings is 1. The Morgan fingerprint density at radius 1 is 1.47 bits per heavy atom. The highest BCUT2D eigenvalue weighted by atomic mass is 32.2. The van der Waals surface area contributed by atoms with Gasteiger partial charge in [0.2, 0.25) is 0 Å². The minimum absolute atomic E-state index is 0.144. The minimum atomic E-state index is -0.800. The number of aromatic nitrogens is 1. The molecule has 0 amide bonds. The molecule has 1 heterocycles. The van der Waals surface area contributed by atoms with Gasteiger partial charge in [-0.3, -0.25) is 9.78 Å². The lowest BCUT2D eigenvalue weighted by molar-refractivity contribution is -0.136. The summed E-state index contributed by atoms with van der Waals surface area (Å²) >= 11 is 1.50. The van der Waals surface area contributed by atoms with Gasteiger partial charge in [0.15, 0.2) is 0 Å². The van der Waals surface area contributed by atoms with Gasteiger partial charge >= 0.3 is 11.9 Å². The second-order valence-electron chi connectivity index (χ2n) is 3.23. The summed E-state index contributed by atoms with van der Waals surface area (Å²) in [5.74, 6) is -0.0288. The molecule has 17 heavy (non-hydrogen) atoms. The molecular formula is C11H13NO4S. The summed E-state index contributed by atoms with van der Waals surface area (Å²) in [7, 11) is 1.32. The molecule has 0 atom stereocenters. The zero-order valence-electron chi connectivity index (χ0n) is 9.38. The molecule has 0 spiro atoms. The summed E-state index contributed by atoms with van der Waals surface area (Å²) in [6, 6.07) is 3.38. The number of ether oxygens (including phenoxy) is 1. The molecule has 1 aromatic heterocycles. The third-order valence-corrected chi connectivity index (χ3v) is 2.95. The molecule has 1 rings (SSSR count). The Morgan fingerprint density at radius 2 is 2.24 bits per heavy atom. The summed E-state index contributed by atoms with van der Waals surface area (Å²) in [5.41, 5.74) is 1.22. The molecule has 0 aliphatic rings. The van der Waals surface area contributed by atoms with Gasteiger partial charge in [-0.15, -0.1) is 0 Å². The maximum Gasteiger partial charge on any atom is 0.339 e. The van der Waals surface area contributed by atoms with Crippen molar-refractivity contribution in [1.82, 2.24) is 4.98 Å². The number of rotatable bonds is 6. The average molecular weight is 255 g/mol. The van der Waals surface area contributed by atoms with Crippen molar-refractivity contribution in [3.8, 4) is 0 Å². The normalized spacial score (nSPS) is 9.94. The van der Waals surface area contributed by atoms with E-state index in [1.165, 1.54) is 25.1 Å². The fraction of sp³-hybridized carbons (Fsp3) is 0.364. The first kappa shape index (κ1) is 13.5. The van der Waals surface area contributed by atoms with E-state index >= 15 is 0 Å². The van der Waals surface area contributed by atoms with Crippen molar-refractivity contribution < 1.29 is 19.4 Å². The second kappa shape index (κ2) is 6.90. The predicted molar refractivity (Wildman–Crippen MR) is 64.0 cm³/mol. The van der Waals surface area contributed by atoms with Gasteiger partial charge in [0, 0.05) is 17.7 Å². The maximum absolute atomic E-state index is 11.1. The molecule has 5 nitrogen and oxygen atoms in total. The first-order valence-electron chi connectivity index (χ1n) is 4.96. The van der Waals surface area contributed by atoms with E-state index in [1.807, 2.05) is 0 Å². The fourth-order valence-corrected chi connectivity index (χ4v) is 1.93. The van der Waals surface area contributed by atoms with Crippen LogP contribution in [-0.4, -0.2) is 34.9 Å². The standard InChI is InChI=1S/C11H13NO4S/c1-16-11(15)8-2-3-9(12-6-8)7-17-5-4-10(13)14/h2-3,6H,4-5,7H2,1H3,(H,13,14). The lowest BCUT2D eigenvalue weighted by Crippen LogP contribution is -2.02. The molecular weight excluding hydrogens is 242 g/mol. The molecule has 0 aromatic carbocycles. The van der Waals surface area contributed by atoms with Crippen LogP contribution in [-0.2, 0) is 15.3 Å². The number of carboxylic acid groups (broad SMARTS) is 1. The zero-order chi connectivity index (χ0) is 12.7. The van der Waals surface area contributed by atoms with Crippen molar-refractivity contribution in [3.63, 3.8) is 0 Å². The molecule has 0 saturated heterocycles. The number of hydrogen-bond acceptors (Lipinski definition) is 5. The van der Waals surface area contributed by atoms with Crippen molar-refractivity contribution in [3.05, 3.63) is 29.6 Å². The number of carbonyl (C=O) groups excluding carboxylic acids is 1. The number of thioether (sulfide) groups is 1. The summed E-state index contributed by atoms with van der Waals surface area (Å²) in [6.45, 7) is 0. The van der Waals surface area contributed by atoms with Gasteiger partial charge in [-0.25, -0.2) is 4.79 Å². The van der Waals surface area contributed by atoms with Crippen molar-refractivity contribution in [2.75, 3.05) is 12.9 Å². The molecule has 0 unspecified atom stereocenters. The number of nitrogens with zero attached hydrogens (tertiary/aromatic N) is 1. The van der Waals surface area contributed by atoms with Gasteiger partial charge in [-0.1, -0.05) is 0 Å². The number of aliphatic carboxylic acids is 1. The Labute approximate surface area is 103 Å². The van der Waals surface area contributed by atoms with Crippen molar-refractivity contribution in [1.29, 1.82) is 0 Å². The molecule has 0 radical (unpaired) electrons. The topological polar surface area (TPSA) is 76.5 Å². The average Bonchev–Trinajstić information content (AvgIpc) is 2.34. The highest BCUT2D eigenvalue weighted by Gasteiger charge is 2.05. The lowest BCUT2D eigenvalue weighted by atomic mass is 10.2. The van der Waals surface area contributed by atoms with Crippen LogP contribution in [0.15, 0.2) is 18.3 Å². The molecule has 1 aromatic rings. The first-order valence-corrected chi connectivity index (χ1v) is 6.11. The molecule has 0 bridgehead atoms. The third kappa shape index (κ3) is 4.86. The summed E-state index contributed by atoms with van der Waals surface area (Å²) in [6.07, 6.45) is 1.60. The summed E-state index contributed by atoms with van der Waals surface area (Å²) in [5, 5.41) is 8.45. The molecule has 92 valence electrons. The van der Waals surface area contributed by atoms with E-state index in [4.69, 9.17) is 5.11 Å². The number of carbonyl (C=O) groups is 2. The van der Waals surface area contributed by atoms with E-state index < -0.39 is 11.9 Å². The SMILES string of the molecule is COC(=O)c1ccc(CSCCC(=O)O)nc1. The molecule has 0 aliphatic heterocycles. The molecule has 0 fully saturated rings. The Balaban J connectivity index is 2.40. The van der Waals surface area contributed by atoms with E-state index in [-0.39, 0.29) is 6.42 Å². The Kier molecular flexibility index (Phi) is 5.48. The Morgan fingerprint density at radius 3 is 2.76 bits per heavy atom. The number of methoxy groups -OCH3 is 1. The van der Waals surface area contributed by atoms with Crippen LogP contribution in [0.4, 0.5) is 0 Å². The van der Waals surface area contributed by atoms with Gasteiger partial charge in [-0.2, -0.15) is 11.8 Å². The van der Waals surface area contributed by atoms with E-state index in [0.29, 0.717) is 17.1 Å². The van der Waals surface area contributed by atoms with Gasteiger partial charge in [0.1, 0.15) is 0 Å². The fourth-order valence-electron chi connectivity index (χ4n) is 1.08. The number of hydrogen-bond donors (Lipinski definition) is 1. The monoisotopic (exact) mass is 255 g/mol. The maximum atomic E-state index is 11.1. The highest BCUT2D eigenvalue weighted by molar-refractivity contribution is 7.98. The zero-order valence-corrected chi connectivity index (χ0v) is 10.2. The van der Waals surface area contributed by atoms with Crippen LogP contribution >= 0.6 is 11.8 Å².